The second kappa shape index (κ2) is 7.67. The van der Waals surface area contributed by atoms with Crippen LogP contribution in [0.1, 0.15) is 24.0 Å². The fraction of sp³-hybridized carbons (Fsp3) is 0.400. The number of piperidine rings is 1. The molecular weight excluding hydrogens is 303 g/mol. The van der Waals surface area contributed by atoms with Gasteiger partial charge in [0.1, 0.15) is 5.82 Å². The summed E-state index contributed by atoms with van der Waals surface area (Å²) in [4.78, 5) is 2.37. The molecule has 0 aromatic heterocycles. The van der Waals surface area contributed by atoms with Crippen LogP contribution in [0.15, 0.2) is 42.5 Å². The van der Waals surface area contributed by atoms with Crippen LogP contribution in [0.5, 0.6) is 0 Å². The van der Waals surface area contributed by atoms with Gasteiger partial charge < -0.3 is 15.3 Å². The SMILES string of the molecule is Cc1ccc(CNc2ccccc2N2CCC(CO)CC2)cc1F. The van der Waals surface area contributed by atoms with Gasteiger partial charge in [-0.05, 0) is 55.0 Å². The van der Waals surface area contributed by atoms with E-state index in [0.717, 1.165) is 37.2 Å². The molecule has 2 aromatic carbocycles. The van der Waals surface area contributed by atoms with Gasteiger partial charge in [0.15, 0.2) is 0 Å². The van der Waals surface area contributed by atoms with Gasteiger partial charge in [-0.3, -0.25) is 0 Å². The van der Waals surface area contributed by atoms with Crippen LogP contribution in [-0.2, 0) is 6.54 Å². The van der Waals surface area contributed by atoms with Gasteiger partial charge in [0, 0.05) is 26.2 Å². The third-order valence-electron chi connectivity index (χ3n) is 4.84. The third-order valence-corrected chi connectivity index (χ3v) is 4.84. The molecule has 3 nitrogen and oxygen atoms in total. The van der Waals surface area contributed by atoms with E-state index < -0.39 is 0 Å². The van der Waals surface area contributed by atoms with Crippen LogP contribution in [0.3, 0.4) is 0 Å². The van der Waals surface area contributed by atoms with Crippen molar-refractivity contribution >= 4 is 11.4 Å². The highest BCUT2D eigenvalue weighted by Crippen LogP contribution is 2.30. The van der Waals surface area contributed by atoms with Crippen LogP contribution >= 0.6 is 0 Å². The van der Waals surface area contributed by atoms with Crippen molar-refractivity contribution in [2.24, 2.45) is 5.92 Å². The molecule has 0 aliphatic carbocycles. The zero-order valence-electron chi connectivity index (χ0n) is 14.1. The molecule has 1 aliphatic heterocycles. The zero-order chi connectivity index (χ0) is 16.9. The number of anilines is 2. The van der Waals surface area contributed by atoms with Gasteiger partial charge in [0.25, 0.3) is 0 Å². The van der Waals surface area contributed by atoms with E-state index in [1.807, 2.05) is 24.3 Å². The first-order chi connectivity index (χ1) is 11.7. The Kier molecular flexibility index (Phi) is 5.36. The minimum atomic E-state index is -0.159. The quantitative estimate of drug-likeness (QED) is 0.872. The van der Waals surface area contributed by atoms with E-state index in [4.69, 9.17) is 0 Å². The molecule has 24 heavy (non-hydrogen) atoms. The lowest BCUT2D eigenvalue weighted by atomic mass is 9.97. The van der Waals surface area contributed by atoms with E-state index in [2.05, 4.69) is 22.3 Å². The van der Waals surface area contributed by atoms with Gasteiger partial charge in [0.05, 0.1) is 11.4 Å². The number of rotatable bonds is 5. The van der Waals surface area contributed by atoms with Gasteiger partial charge in [0.2, 0.25) is 0 Å². The molecule has 1 aliphatic rings. The smallest absolute Gasteiger partial charge is 0.126 e. The van der Waals surface area contributed by atoms with Gasteiger partial charge in [-0.1, -0.05) is 24.3 Å². The van der Waals surface area contributed by atoms with Gasteiger partial charge in [-0.25, -0.2) is 4.39 Å². The van der Waals surface area contributed by atoms with Gasteiger partial charge in [-0.2, -0.15) is 0 Å². The predicted molar refractivity (Wildman–Crippen MR) is 96.9 cm³/mol. The van der Waals surface area contributed by atoms with Crippen molar-refractivity contribution in [1.82, 2.24) is 0 Å². The molecule has 4 heteroatoms. The first-order valence-electron chi connectivity index (χ1n) is 8.61. The van der Waals surface area contributed by atoms with Crippen molar-refractivity contribution < 1.29 is 9.50 Å². The maximum Gasteiger partial charge on any atom is 0.126 e. The Hall–Kier alpha value is -2.07. The van der Waals surface area contributed by atoms with Crippen molar-refractivity contribution in [3.8, 4) is 0 Å². The number of aliphatic hydroxyl groups is 1. The number of para-hydroxylation sites is 2. The minimum absolute atomic E-state index is 0.159. The number of hydrogen-bond acceptors (Lipinski definition) is 3. The molecule has 0 bridgehead atoms. The van der Waals surface area contributed by atoms with Crippen LogP contribution in [0.25, 0.3) is 0 Å². The second-order valence-electron chi connectivity index (χ2n) is 6.57. The number of aliphatic hydroxyl groups excluding tert-OH is 1. The molecule has 0 unspecified atom stereocenters. The Balaban J connectivity index is 1.69. The molecule has 1 fully saturated rings. The monoisotopic (exact) mass is 328 g/mol. The standard InChI is InChI=1S/C20H25FN2O/c1-15-6-7-17(12-18(15)21)13-22-19-4-2-3-5-20(19)23-10-8-16(14-24)9-11-23/h2-7,12,16,22,24H,8-11,13-14H2,1H3. The maximum atomic E-state index is 13.7. The van der Waals surface area contributed by atoms with Crippen LogP contribution < -0.4 is 10.2 Å². The Labute approximate surface area is 143 Å². The topological polar surface area (TPSA) is 35.5 Å². The molecular formula is C20H25FN2O. The molecule has 1 heterocycles. The number of benzene rings is 2. The van der Waals surface area contributed by atoms with E-state index in [0.29, 0.717) is 18.0 Å². The summed E-state index contributed by atoms with van der Waals surface area (Å²) < 4.78 is 13.7. The Morgan fingerprint density at radius 1 is 1.17 bits per heavy atom. The first-order valence-corrected chi connectivity index (χ1v) is 8.61. The molecule has 2 aromatic rings. The summed E-state index contributed by atoms with van der Waals surface area (Å²) in [5, 5.41) is 12.7. The molecule has 0 radical (unpaired) electrons. The number of halogens is 1. The number of hydrogen-bond donors (Lipinski definition) is 2. The van der Waals surface area contributed by atoms with Crippen LogP contribution in [-0.4, -0.2) is 24.8 Å². The van der Waals surface area contributed by atoms with Crippen molar-refractivity contribution in [1.29, 1.82) is 0 Å². The molecule has 0 amide bonds. The van der Waals surface area contributed by atoms with E-state index in [-0.39, 0.29) is 12.4 Å². The number of nitrogens with zero attached hydrogens (tertiary/aromatic N) is 1. The molecule has 0 spiro atoms. The highest BCUT2D eigenvalue weighted by atomic mass is 19.1. The normalized spacial score (nSPS) is 15.5. The summed E-state index contributed by atoms with van der Waals surface area (Å²) in [6, 6.07) is 13.6. The molecule has 128 valence electrons. The molecule has 0 atom stereocenters. The van der Waals surface area contributed by atoms with Crippen molar-refractivity contribution in [3.63, 3.8) is 0 Å². The van der Waals surface area contributed by atoms with Crippen LogP contribution in [0.4, 0.5) is 15.8 Å². The Morgan fingerprint density at radius 3 is 2.62 bits per heavy atom. The molecule has 2 N–H and O–H groups in total. The molecule has 0 saturated carbocycles. The van der Waals surface area contributed by atoms with E-state index in [1.54, 1.807) is 13.0 Å². The average Bonchev–Trinajstić information content (AvgIpc) is 2.63. The van der Waals surface area contributed by atoms with Crippen molar-refractivity contribution in [2.75, 3.05) is 29.9 Å². The fourth-order valence-electron chi connectivity index (χ4n) is 3.20. The van der Waals surface area contributed by atoms with Crippen molar-refractivity contribution in [3.05, 3.63) is 59.4 Å². The van der Waals surface area contributed by atoms with E-state index >= 15 is 0 Å². The van der Waals surface area contributed by atoms with Crippen LogP contribution in [0, 0.1) is 18.7 Å². The highest BCUT2D eigenvalue weighted by Gasteiger charge is 2.20. The van der Waals surface area contributed by atoms with Gasteiger partial charge in [-0.15, -0.1) is 0 Å². The minimum Gasteiger partial charge on any atom is -0.396 e. The first kappa shape index (κ1) is 16.8. The third kappa shape index (κ3) is 3.88. The summed E-state index contributed by atoms with van der Waals surface area (Å²) in [5.41, 5.74) is 3.86. The highest BCUT2D eigenvalue weighted by molar-refractivity contribution is 5.70. The molecule has 3 rings (SSSR count). The predicted octanol–water partition coefficient (Wildman–Crippen LogP) is 3.95. The summed E-state index contributed by atoms with van der Waals surface area (Å²) in [7, 11) is 0. The average molecular weight is 328 g/mol. The molecule has 1 saturated heterocycles. The summed E-state index contributed by atoms with van der Waals surface area (Å²) in [6.07, 6.45) is 2.04. The summed E-state index contributed by atoms with van der Waals surface area (Å²) >= 11 is 0. The number of nitrogens with one attached hydrogen (secondary N) is 1. The lowest BCUT2D eigenvalue weighted by Gasteiger charge is -2.34. The van der Waals surface area contributed by atoms with Crippen LogP contribution in [0.2, 0.25) is 0 Å². The summed E-state index contributed by atoms with van der Waals surface area (Å²) in [5.74, 6) is 0.269. The summed E-state index contributed by atoms with van der Waals surface area (Å²) in [6.45, 7) is 4.58. The lowest BCUT2D eigenvalue weighted by Crippen LogP contribution is -2.35. The second-order valence-corrected chi connectivity index (χ2v) is 6.57. The zero-order valence-corrected chi connectivity index (χ0v) is 14.1. The fourth-order valence-corrected chi connectivity index (χ4v) is 3.20. The van der Waals surface area contributed by atoms with Gasteiger partial charge >= 0.3 is 0 Å². The van der Waals surface area contributed by atoms with E-state index in [9.17, 15) is 9.50 Å². The number of aryl methyl sites for hydroxylation is 1. The Morgan fingerprint density at radius 2 is 1.92 bits per heavy atom. The Bertz CT molecular complexity index is 681. The largest absolute Gasteiger partial charge is 0.396 e. The maximum absolute atomic E-state index is 13.7. The van der Waals surface area contributed by atoms with E-state index in [1.165, 1.54) is 5.69 Å². The van der Waals surface area contributed by atoms with Crippen molar-refractivity contribution in [2.45, 2.75) is 26.3 Å². The lowest BCUT2D eigenvalue weighted by molar-refractivity contribution is 0.203.